The van der Waals surface area contributed by atoms with Crippen LogP contribution in [-0.4, -0.2) is 32.1 Å². The third-order valence-electron chi connectivity index (χ3n) is 3.56. The number of imidazole rings is 1. The Bertz CT molecular complexity index is 1020. The van der Waals surface area contributed by atoms with E-state index in [1.165, 1.54) is 6.92 Å². The van der Waals surface area contributed by atoms with Crippen LogP contribution in [0.3, 0.4) is 0 Å². The van der Waals surface area contributed by atoms with Gasteiger partial charge in [0.1, 0.15) is 17.1 Å². The quantitative estimate of drug-likeness (QED) is 0.545. The summed E-state index contributed by atoms with van der Waals surface area (Å²) in [6.45, 7) is 7.19. The van der Waals surface area contributed by atoms with Crippen molar-refractivity contribution in [1.82, 2.24) is 14.4 Å². The smallest absolute Gasteiger partial charge is 0.222 e. The van der Waals surface area contributed by atoms with Crippen LogP contribution in [0, 0.1) is 0 Å². The number of anilines is 2. The number of hydrogen-bond donors (Lipinski definition) is 2. The summed E-state index contributed by atoms with van der Waals surface area (Å²) in [6.07, 6.45) is 6.92. The van der Waals surface area contributed by atoms with E-state index in [2.05, 4.69) is 20.4 Å². The molecule has 3 rings (SSSR count). The first-order valence-corrected chi connectivity index (χ1v) is 8.45. The Morgan fingerprint density at radius 2 is 2.07 bits per heavy atom. The van der Waals surface area contributed by atoms with Crippen molar-refractivity contribution >= 4 is 29.4 Å². The van der Waals surface area contributed by atoms with Gasteiger partial charge in [-0.15, -0.1) is 0 Å². The van der Waals surface area contributed by atoms with Crippen LogP contribution in [0.4, 0.5) is 11.6 Å². The molecule has 0 bridgehead atoms. The van der Waals surface area contributed by atoms with Crippen molar-refractivity contribution < 1.29 is 9.63 Å². The molecule has 3 N–H and O–H groups in total. The SMILES string of the molecule is CC(=O)Nc1cn2cc(-c3cnc(N)c(C=NOC(C)(C)C)c3)ccc2n1. The monoisotopic (exact) mass is 366 g/mol. The zero-order chi connectivity index (χ0) is 19.6. The number of amides is 1. The second-order valence-corrected chi connectivity index (χ2v) is 7.13. The van der Waals surface area contributed by atoms with Gasteiger partial charge in [-0.1, -0.05) is 5.16 Å². The largest absolute Gasteiger partial charge is 0.390 e. The van der Waals surface area contributed by atoms with Gasteiger partial charge in [0.25, 0.3) is 0 Å². The number of rotatable bonds is 4. The first-order chi connectivity index (χ1) is 12.7. The molecule has 0 saturated carbocycles. The number of oxime groups is 1. The van der Waals surface area contributed by atoms with Gasteiger partial charge in [-0.3, -0.25) is 4.79 Å². The summed E-state index contributed by atoms with van der Waals surface area (Å²) in [4.78, 5) is 25.1. The molecule has 8 nitrogen and oxygen atoms in total. The van der Waals surface area contributed by atoms with Crippen LogP contribution in [0.5, 0.6) is 0 Å². The highest BCUT2D eigenvalue weighted by atomic mass is 16.6. The van der Waals surface area contributed by atoms with Gasteiger partial charge in [0.2, 0.25) is 5.91 Å². The number of fused-ring (bicyclic) bond motifs is 1. The Kier molecular flexibility index (Phi) is 4.81. The Morgan fingerprint density at radius 3 is 2.78 bits per heavy atom. The second-order valence-electron chi connectivity index (χ2n) is 7.13. The molecule has 0 aliphatic heterocycles. The lowest BCUT2D eigenvalue weighted by Crippen LogP contribution is -2.15. The Morgan fingerprint density at radius 1 is 1.30 bits per heavy atom. The highest BCUT2D eigenvalue weighted by Gasteiger charge is 2.10. The molecule has 0 radical (unpaired) electrons. The van der Waals surface area contributed by atoms with Crippen molar-refractivity contribution in [2.45, 2.75) is 33.3 Å². The van der Waals surface area contributed by atoms with Gasteiger partial charge in [-0.2, -0.15) is 0 Å². The average Bonchev–Trinajstić information content (AvgIpc) is 2.95. The summed E-state index contributed by atoms with van der Waals surface area (Å²) in [7, 11) is 0. The van der Waals surface area contributed by atoms with Crippen molar-refractivity contribution in [3.63, 3.8) is 0 Å². The molecule has 3 heterocycles. The van der Waals surface area contributed by atoms with Gasteiger partial charge in [-0.25, -0.2) is 9.97 Å². The number of pyridine rings is 2. The van der Waals surface area contributed by atoms with Crippen molar-refractivity contribution in [2.75, 3.05) is 11.1 Å². The predicted octanol–water partition coefficient (Wildman–Crippen LogP) is 3.09. The minimum absolute atomic E-state index is 0.164. The summed E-state index contributed by atoms with van der Waals surface area (Å²) in [5.74, 6) is 0.710. The van der Waals surface area contributed by atoms with Crippen LogP contribution in [0.1, 0.15) is 33.3 Å². The molecule has 0 aliphatic carbocycles. The van der Waals surface area contributed by atoms with Crippen molar-refractivity contribution in [2.24, 2.45) is 5.16 Å². The van der Waals surface area contributed by atoms with Gasteiger partial charge >= 0.3 is 0 Å². The lowest BCUT2D eigenvalue weighted by atomic mass is 10.1. The second kappa shape index (κ2) is 7.06. The first kappa shape index (κ1) is 18.4. The summed E-state index contributed by atoms with van der Waals surface area (Å²) >= 11 is 0. The minimum atomic E-state index is -0.381. The number of nitrogen functional groups attached to an aromatic ring is 1. The third-order valence-corrected chi connectivity index (χ3v) is 3.56. The first-order valence-electron chi connectivity index (χ1n) is 8.45. The topological polar surface area (TPSA) is 107 Å². The van der Waals surface area contributed by atoms with E-state index in [0.717, 1.165) is 16.8 Å². The molecule has 3 aromatic rings. The lowest BCUT2D eigenvalue weighted by molar-refractivity contribution is -0.114. The van der Waals surface area contributed by atoms with E-state index < -0.39 is 0 Å². The van der Waals surface area contributed by atoms with E-state index >= 15 is 0 Å². The number of hydrogen-bond acceptors (Lipinski definition) is 6. The molecule has 140 valence electrons. The summed E-state index contributed by atoms with van der Waals surface area (Å²) in [5, 5.41) is 6.66. The summed E-state index contributed by atoms with van der Waals surface area (Å²) < 4.78 is 1.84. The van der Waals surface area contributed by atoms with E-state index in [0.29, 0.717) is 17.2 Å². The molecular weight excluding hydrogens is 344 g/mol. The molecule has 0 saturated heterocycles. The average molecular weight is 366 g/mol. The Balaban J connectivity index is 1.91. The molecule has 0 atom stereocenters. The number of aromatic nitrogens is 3. The van der Waals surface area contributed by atoms with E-state index in [1.807, 2.05) is 49.6 Å². The van der Waals surface area contributed by atoms with Gasteiger partial charge < -0.3 is 20.3 Å². The lowest BCUT2D eigenvalue weighted by Gasteiger charge is -2.15. The van der Waals surface area contributed by atoms with Gasteiger partial charge in [0, 0.05) is 36.0 Å². The van der Waals surface area contributed by atoms with E-state index in [1.54, 1.807) is 18.6 Å². The maximum atomic E-state index is 11.2. The number of nitrogens with zero attached hydrogens (tertiary/aromatic N) is 4. The van der Waals surface area contributed by atoms with Gasteiger partial charge in [0.05, 0.1) is 12.4 Å². The number of carbonyl (C=O) groups is 1. The fourth-order valence-corrected chi connectivity index (χ4v) is 2.40. The molecule has 27 heavy (non-hydrogen) atoms. The Hall–Kier alpha value is -3.42. The van der Waals surface area contributed by atoms with Crippen molar-refractivity contribution in [3.05, 3.63) is 42.4 Å². The van der Waals surface area contributed by atoms with Gasteiger partial charge in [0.15, 0.2) is 5.82 Å². The van der Waals surface area contributed by atoms with Crippen LogP contribution in [0.15, 0.2) is 41.9 Å². The minimum Gasteiger partial charge on any atom is -0.390 e. The highest BCUT2D eigenvalue weighted by Crippen LogP contribution is 2.23. The fourth-order valence-electron chi connectivity index (χ4n) is 2.40. The van der Waals surface area contributed by atoms with E-state index in [-0.39, 0.29) is 11.5 Å². The molecule has 0 aromatic carbocycles. The molecule has 8 heteroatoms. The zero-order valence-corrected chi connectivity index (χ0v) is 15.7. The molecule has 3 aromatic heterocycles. The van der Waals surface area contributed by atoms with E-state index in [4.69, 9.17) is 10.6 Å². The number of carbonyl (C=O) groups excluding carboxylic acids is 1. The summed E-state index contributed by atoms with van der Waals surface area (Å²) in [5.41, 5.74) is 8.76. The molecule has 0 spiro atoms. The van der Waals surface area contributed by atoms with Crippen molar-refractivity contribution in [3.8, 4) is 11.1 Å². The maximum Gasteiger partial charge on any atom is 0.222 e. The third kappa shape index (κ3) is 4.60. The molecule has 1 amide bonds. The molecule has 0 aliphatic rings. The van der Waals surface area contributed by atoms with E-state index in [9.17, 15) is 4.79 Å². The maximum absolute atomic E-state index is 11.2. The van der Waals surface area contributed by atoms with Crippen LogP contribution in [0.2, 0.25) is 0 Å². The standard InChI is InChI=1S/C19H22N6O2/c1-12(26)23-16-11-25-10-13(5-6-17(25)24-16)14-7-15(18(20)21-8-14)9-22-27-19(2,3)4/h5-11H,1-4H3,(H2,20,21)(H,23,26). The summed E-state index contributed by atoms with van der Waals surface area (Å²) in [6, 6.07) is 5.69. The fraction of sp³-hybridized carbons (Fsp3) is 0.263. The van der Waals surface area contributed by atoms with Crippen LogP contribution in [0.25, 0.3) is 16.8 Å². The molecule has 0 unspecified atom stereocenters. The van der Waals surface area contributed by atoms with Gasteiger partial charge in [-0.05, 0) is 39.0 Å². The normalized spacial score (nSPS) is 11.9. The Labute approximate surface area is 157 Å². The number of nitrogens with two attached hydrogens (primary N) is 1. The van der Waals surface area contributed by atoms with Crippen LogP contribution < -0.4 is 11.1 Å². The van der Waals surface area contributed by atoms with Crippen LogP contribution >= 0.6 is 0 Å². The zero-order valence-electron chi connectivity index (χ0n) is 15.7. The van der Waals surface area contributed by atoms with Crippen LogP contribution in [-0.2, 0) is 9.63 Å². The predicted molar refractivity (Wildman–Crippen MR) is 106 cm³/mol. The number of nitrogens with one attached hydrogen (secondary N) is 1. The highest BCUT2D eigenvalue weighted by molar-refractivity contribution is 5.88. The van der Waals surface area contributed by atoms with Crippen molar-refractivity contribution in [1.29, 1.82) is 0 Å². The molecule has 0 fully saturated rings. The molecular formula is C19H22N6O2.